The van der Waals surface area contributed by atoms with Crippen LogP contribution in [0, 0.1) is 0 Å². The van der Waals surface area contributed by atoms with E-state index in [0.717, 1.165) is 33.6 Å². The zero-order valence-corrected chi connectivity index (χ0v) is 11.5. The zero-order valence-electron chi connectivity index (χ0n) is 11.5. The lowest BCUT2D eigenvalue weighted by Crippen LogP contribution is -2.05. The second-order valence-corrected chi connectivity index (χ2v) is 4.54. The molecule has 19 heavy (non-hydrogen) atoms. The van der Waals surface area contributed by atoms with Crippen LogP contribution in [0.5, 0.6) is 0 Å². The minimum Gasteiger partial charge on any atom is -0.267 e. The Labute approximate surface area is 114 Å². The molecular formula is C17H18N2. The average molecular weight is 250 g/mol. The number of hydrogen-bond acceptors (Lipinski definition) is 1. The number of nitrogens with zero attached hydrogens (tertiary/aromatic N) is 2. The highest BCUT2D eigenvalue weighted by Gasteiger charge is 2.24. The highest BCUT2D eigenvalue weighted by Crippen LogP contribution is 2.34. The number of fused-ring (bicyclic) bond motifs is 1. The first-order valence-electron chi connectivity index (χ1n) is 6.33. The zero-order chi connectivity index (χ0) is 14.0. The third-order valence-corrected chi connectivity index (χ3v) is 3.06. The Bertz CT molecular complexity index is 630. The SMILES string of the molecule is C=C(C)C(=NCC)N=C1C(=C)C(=C)c2ccccc21. The summed E-state index contributed by atoms with van der Waals surface area (Å²) in [4.78, 5) is 9.02. The van der Waals surface area contributed by atoms with Crippen molar-refractivity contribution in [3.8, 4) is 0 Å². The van der Waals surface area contributed by atoms with Gasteiger partial charge in [-0.05, 0) is 30.6 Å². The molecule has 1 aromatic carbocycles. The van der Waals surface area contributed by atoms with Crippen molar-refractivity contribution in [2.24, 2.45) is 9.98 Å². The van der Waals surface area contributed by atoms with Crippen LogP contribution in [0.1, 0.15) is 25.0 Å². The Kier molecular flexibility index (Phi) is 3.61. The van der Waals surface area contributed by atoms with E-state index in [0.29, 0.717) is 12.4 Å². The molecule has 0 saturated heterocycles. The summed E-state index contributed by atoms with van der Waals surface area (Å²) in [7, 11) is 0. The smallest absolute Gasteiger partial charge is 0.150 e. The highest BCUT2D eigenvalue weighted by molar-refractivity contribution is 6.31. The largest absolute Gasteiger partial charge is 0.267 e. The normalized spacial score (nSPS) is 16.9. The van der Waals surface area contributed by atoms with Gasteiger partial charge in [0.05, 0.1) is 5.71 Å². The van der Waals surface area contributed by atoms with E-state index in [2.05, 4.69) is 29.7 Å². The fraction of sp³-hybridized carbons (Fsp3) is 0.176. The summed E-state index contributed by atoms with van der Waals surface area (Å²) in [6, 6.07) is 8.08. The summed E-state index contributed by atoms with van der Waals surface area (Å²) in [5.74, 6) is 0.683. The van der Waals surface area contributed by atoms with Gasteiger partial charge in [0, 0.05) is 17.7 Å². The Hall–Kier alpha value is -2.22. The molecule has 0 spiro atoms. The molecule has 0 saturated carbocycles. The lowest BCUT2D eigenvalue weighted by atomic mass is 10.1. The molecule has 2 nitrogen and oxygen atoms in total. The van der Waals surface area contributed by atoms with Crippen LogP contribution in [0.4, 0.5) is 0 Å². The Morgan fingerprint density at radius 2 is 1.74 bits per heavy atom. The van der Waals surface area contributed by atoms with Gasteiger partial charge in [0.1, 0.15) is 5.84 Å². The van der Waals surface area contributed by atoms with Gasteiger partial charge in [-0.15, -0.1) is 0 Å². The molecule has 1 aromatic rings. The lowest BCUT2D eigenvalue weighted by molar-refractivity contribution is 1.12. The molecule has 0 unspecified atom stereocenters. The van der Waals surface area contributed by atoms with E-state index in [1.54, 1.807) is 0 Å². The van der Waals surface area contributed by atoms with Crippen LogP contribution < -0.4 is 0 Å². The van der Waals surface area contributed by atoms with Gasteiger partial charge in [-0.1, -0.05) is 44.0 Å². The topological polar surface area (TPSA) is 24.7 Å². The van der Waals surface area contributed by atoms with Crippen LogP contribution in [0.15, 0.2) is 65.1 Å². The van der Waals surface area contributed by atoms with Crippen molar-refractivity contribution in [3.63, 3.8) is 0 Å². The third kappa shape index (κ3) is 2.34. The molecule has 0 N–H and O–H groups in total. The van der Waals surface area contributed by atoms with Crippen LogP contribution in [0.3, 0.4) is 0 Å². The van der Waals surface area contributed by atoms with Crippen molar-refractivity contribution in [2.45, 2.75) is 13.8 Å². The first-order chi connectivity index (χ1) is 9.06. The molecule has 0 amide bonds. The maximum atomic E-state index is 4.64. The van der Waals surface area contributed by atoms with E-state index in [4.69, 9.17) is 0 Å². The number of hydrogen-bond donors (Lipinski definition) is 0. The Morgan fingerprint density at radius 1 is 1.11 bits per heavy atom. The number of benzene rings is 1. The second kappa shape index (κ2) is 5.19. The number of rotatable bonds is 2. The van der Waals surface area contributed by atoms with Crippen LogP contribution in [0.25, 0.3) is 5.57 Å². The van der Waals surface area contributed by atoms with Gasteiger partial charge in [-0.3, -0.25) is 4.99 Å². The molecule has 1 aliphatic rings. The molecule has 0 fully saturated rings. The van der Waals surface area contributed by atoms with Gasteiger partial charge in [0.2, 0.25) is 0 Å². The summed E-state index contributed by atoms with van der Waals surface area (Å²) in [6.45, 7) is 16.7. The fourth-order valence-electron chi connectivity index (χ4n) is 2.07. The van der Waals surface area contributed by atoms with E-state index < -0.39 is 0 Å². The van der Waals surface area contributed by atoms with Crippen LogP contribution in [-0.2, 0) is 0 Å². The number of aliphatic imine (C=N–C) groups is 2. The van der Waals surface area contributed by atoms with E-state index in [1.807, 2.05) is 38.1 Å². The van der Waals surface area contributed by atoms with E-state index in [-0.39, 0.29) is 0 Å². The Morgan fingerprint density at radius 3 is 2.32 bits per heavy atom. The minimum atomic E-state index is 0.683. The monoisotopic (exact) mass is 250 g/mol. The van der Waals surface area contributed by atoms with Crippen molar-refractivity contribution in [2.75, 3.05) is 6.54 Å². The first kappa shape index (κ1) is 13.2. The minimum absolute atomic E-state index is 0.683. The summed E-state index contributed by atoms with van der Waals surface area (Å²) in [5.41, 5.74) is 5.69. The van der Waals surface area contributed by atoms with Gasteiger partial charge >= 0.3 is 0 Å². The highest BCUT2D eigenvalue weighted by atomic mass is 14.9. The van der Waals surface area contributed by atoms with Crippen LogP contribution >= 0.6 is 0 Å². The Balaban J connectivity index is 2.57. The van der Waals surface area contributed by atoms with Crippen molar-refractivity contribution >= 4 is 17.1 Å². The maximum absolute atomic E-state index is 4.64. The lowest BCUT2D eigenvalue weighted by Gasteiger charge is -2.03. The van der Waals surface area contributed by atoms with E-state index in [9.17, 15) is 0 Å². The van der Waals surface area contributed by atoms with Gasteiger partial charge in [-0.25, -0.2) is 4.99 Å². The van der Waals surface area contributed by atoms with Gasteiger partial charge < -0.3 is 0 Å². The van der Waals surface area contributed by atoms with Gasteiger partial charge in [0.25, 0.3) is 0 Å². The van der Waals surface area contributed by atoms with E-state index in [1.165, 1.54) is 0 Å². The van der Waals surface area contributed by atoms with Crippen LogP contribution in [0.2, 0.25) is 0 Å². The van der Waals surface area contributed by atoms with Crippen molar-refractivity contribution in [1.82, 2.24) is 0 Å². The second-order valence-electron chi connectivity index (χ2n) is 4.54. The quantitative estimate of drug-likeness (QED) is 0.559. The summed E-state index contributed by atoms with van der Waals surface area (Å²) in [6.07, 6.45) is 0. The molecule has 0 radical (unpaired) electrons. The number of allylic oxidation sites excluding steroid dienone is 2. The maximum Gasteiger partial charge on any atom is 0.150 e. The van der Waals surface area contributed by atoms with Gasteiger partial charge in [-0.2, -0.15) is 0 Å². The first-order valence-corrected chi connectivity index (χ1v) is 6.33. The molecule has 0 atom stereocenters. The summed E-state index contributed by atoms with van der Waals surface area (Å²) < 4.78 is 0. The molecular weight excluding hydrogens is 232 g/mol. The van der Waals surface area contributed by atoms with Crippen molar-refractivity contribution < 1.29 is 0 Å². The van der Waals surface area contributed by atoms with E-state index >= 15 is 0 Å². The fourth-order valence-corrected chi connectivity index (χ4v) is 2.07. The molecule has 96 valence electrons. The van der Waals surface area contributed by atoms with Crippen LogP contribution in [-0.4, -0.2) is 18.1 Å². The standard InChI is InChI=1S/C17H18N2/c1-6-18-17(11(2)3)19-16-13(5)12(4)14-9-7-8-10-15(14)16/h7-10H,2,4-6H2,1,3H3. The van der Waals surface area contributed by atoms with Gasteiger partial charge in [0.15, 0.2) is 0 Å². The molecule has 1 aliphatic carbocycles. The molecule has 0 aromatic heterocycles. The van der Waals surface area contributed by atoms with Crippen molar-refractivity contribution in [3.05, 3.63) is 66.3 Å². The molecule has 2 rings (SSSR count). The summed E-state index contributed by atoms with van der Waals surface area (Å²) >= 11 is 0. The predicted octanol–water partition coefficient (Wildman–Crippen LogP) is 4.05. The molecule has 0 aliphatic heterocycles. The summed E-state index contributed by atoms with van der Waals surface area (Å²) in [5, 5.41) is 0. The molecule has 0 bridgehead atoms. The molecule has 0 heterocycles. The van der Waals surface area contributed by atoms with Crippen molar-refractivity contribution in [1.29, 1.82) is 0 Å². The third-order valence-electron chi connectivity index (χ3n) is 3.06. The predicted molar refractivity (Wildman–Crippen MR) is 83.9 cm³/mol. The number of amidine groups is 1. The average Bonchev–Trinajstić information content (AvgIpc) is 2.63. The molecule has 2 heteroatoms.